The highest BCUT2D eigenvalue weighted by molar-refractivity contribution is 6.35. The molecule has 0 unspecified atom stereocenters. The first-order chi connectivity index (χ1) is 16.3. The fourth-order valence-electron chi connectivity index (χ4n) is 2.17. The molecule has 2 rings (SSSR count). The number of nitrogen functional groups attached to an aromatic ring is 1. The van der Waals surface area contributed by atoms with E-state index < -0.39 is 39.2 Å². The van der Waals surface area contributed by atoms with Crippen LogP contribution in [0.4, 0.5) is 32.3 Å². The third kappa shape index (κ3) is 10.9. The zero-order valence-electron chi connectivity index (χ0n) is 20.0. The molecule has 0 fully saturated rings. The minimum absolute atomic E-state index is 0.0311. The molecule has 12 nitrogen and oxygen atoms in total. The van der Waals surface area contributed by atoms with Crippen molar-refractivity contribution in [3.8, 4) is 0 Å². The van der Waals surface area contributed by atoms with Crippen LogP contribution in [0.15, 0.2) is 12.1 Å². The smallest absolute Gasteiger partial charge is 0.412 e. The molecule has 0 aliphatic rings. The van der Waals surface area contributed by atoms with Crippen LogP contribution in [0.3, 0.4) is 0 Å². The summed E-state index contributed by atoms with van der Waals surface area (Å²) < 4.78 is 10.0. The Balaban J connectivity index is 0.000000362. The number of pyridine rings is 2. The molecule has 0 bridgehead atoms. The van der Waals surface area contributed by atoms with E-state index in [1.165, 1.54) is 6.07 Å². The molecule has 0 aliphatic carbocycles. The number of ether oxygens (including phenoxy) is 2. The number of carbonyl (C=O) groups excluding carboxylic acids is 2. The molecule has 0 spiro atoms. The second-order valence-corrected chi connectivity index (χ2v) is 10.3. The summed E-state index contributed by atoms with van der Waals surface area (Å²) in [6.45, 7) is 10.2. The Morgan fingerprint density at radius 3 is 1.67 bits per heavy atom. The van der Waals surface area contributed by atoms with Gasteiger partial charge in [-0.15, -0.1) is 0 Å². The molecule has 0 atom stereocenters. The average Bonchev–Trinajstić information content (AvgIpc) is 2.62. The molecule has 198 valence electrons. The number of nitrogens with zero attached hydrogens (tertiary/aromatic N) is 3. The van der Waals surface area contributed by atoms with Crippen LogP contribution in [-0.2, 0) is 9.47 Å². The van der Waals surface area contributed by atoms with E-state index in [1.54, 1.807) is 41.5 Å². The van der Waals surface area contributed by atoms with Crippen LogP contribution in [0, 0.1) is 10.1 Å². The Hall–Kier alpha value is -2.80. The lowest BCUT2D eigenvalue weighted by atomic mass is 10.2. The molecule has 2 amide bonds. The van der Waals surface area contributed by atoms with Crippen molar-refractivity contribution < 1.29 is 24.0 Å². The van der Waals surface area contributed by atoms with Gasteiger partial charge in [0.2, 0.25) is 5.15 Å². The Labute approximate surface area is 226 Å². The lowest BCUT2D eigenvalue weighted by molar-refractivity contribution is -0.384. The largest absolute Gasteiger partial charge is 0.444 e. The van der Waals surface area contributed by atoms with Crippen molar-refractivity contribution in [2.75, 3.05) is 16.4 Å². The van der Waals surface area contributed by atoms with Crippen molar-refractivity contribution in [2.45, 2.75) is 52.7 Å². The van der Waals surface area contributed by atoms with Crippen LogP contribution in [-0.4, -0.2) is 38.3 Å². The molecular formula is C20H24Cl4N6O6. The zero-order valence-corrected chi connectivity index (χ0v) is 23.1. The first-order valence-electron chi connectivity index (χ1n) is 9.91. The van der Waals surface area contributed by atoms with Crippen molar-refractivity contribution in [3.05, 3.63) is 42.9 Å². The molecule has 0 saturated heterocycles. The van der Waals surface area contributed by atoms with Gasteiger partial charge in [0.15, 0.2) is 5.15 Å². The van der Waals surface area contributed by atoms with Gasteiger partial charge in [0, 0.05) is 12.1 Å². The van der Waals surface area contributed by atoms with Gasteiger partial charge in [0.1, 0.15) is 27.2 Å². The second kappa shape index (κ2) is 12.4. The molecular weight excluding hydrogens is 562 g/mol. The zero-order chi connectivity index (χ0) is 28.0. The summed E-state index contributed by atoms with van der Waals surface area (Å²) in [6.07, 6.45) is -1.49. The van der Waals surface area contributed by atoms with Crippen molar-refractivity contribution >= 4 is 81.3 Å². The maximum atomic E-state index is 11.6. The first kappa shape index (κ1) is 31.2. The number of halogens is 4. The third-order valence-electron chi connectivity index (χ3n) is 3.35. The summed E-state index contributed by atoms with van der Waals surface area (Å²) in [5.41, 5.74) is 3.99. The number of nitrogens with one attached hydrogen (secondary N) is 2. The molecule has 4 N–H and O–H groups in total. The van der Waals surface area contributed by atoms with Crippen LogP contribution in [0.25, 0.3) is 0 Å². The number of anilines is 3. The Morgan fingerprint density at radius 2 is 1.25 bits per heavy atom. The van der Waals surface area contributed by atoms with E-state index in [1.807, 2.05) is 0 Å². The number of nitrogens with two attached hydrogens (primary N) is 1. The third-order valence-corrected chi connectivity index (χ3v) is 4.29. The van der Waals surface area contributed by atoms with E-state index in [9.17, 15) is 19.7 Å². The number of hydrogen-bond acceptors (Lipinski definition) is 9. The molecule has 2 aromatic rings. The maximum absolute atomic E-state index is 11.6. The van der Waals surface area contributed by atoms with Crippen LogP contribution >= 0.6 is 46.4 Å². The highest BCUT2D eigenvalue weighted by atomic mass is 35.5. The van der Waals surface area contributed by atoms with Crippen molar-refractivity contribution in [1.82, 2.24) is 9.97 Å². The fraction of sp³-hybridized carbons (Fsp3) is 0.400. The van der Waals surface area contributed by atoms with Gasteiger partial charge in [-0.1, -0.05) is 46.4 Å². The summed E-state index contributed by atoms with van der Waals surface area (Å²) in [5.74, 6) is 0. The summed E-state index contributed by atoms with van der Waals surface area (Å²) in [7, 11) is 0. The van der Waals surface area contributed by atoms with Gasteiger partial charge in [0.05, 0.1) is 16.3 Å². The predicted molar refractivity (Wildman–Crippen MR) is 139 cm³/mol. The number of carbonyl (C=O) groups is 2. The number of hydrogen-bond donors (Lipinski definition) is 3. The lowest BCUT2D eigenvalue weighted by Gasteiger charge is -2.20. The van der Waals surface area contributed by atoms with Gasteiger partial charge >= 0.3 is 17.9 Å². The summed E-state index contributed by atoms with van der Waals surface area (Å²) >= 11 is 22.7. The summed E-state index contributed by atoms with van der Waals surface area (Å²) in [6, 6.07) is 2.52. The van der Waals surface area contributed by atoms with Crippen LogP contribution in [0.2, 0.25) is 20.6 Å². The molecule has 0 aromatic carbocycles. The van der Waals surface area contributed by atoms with Crippen molar-refractivity contribution in [2.24, 2.45) is 0 Å². The van der Waals surface area contributed by atoms with E-state index in [0.717, 1.165) is 6.07 Å². The van der Waals surface area contributed by atoms with Gasteiger partial charge in [-0.3, -0.25) is 20.7 Å². The minimum atomic E-state index is -0.853. The van der Waals surface area contributed by atoms with Gasteiger partial charge in [0.25, 0.3) is 0 Å². The molecule has 36 heavy (non-hydrogen) atoms. The summed E-state index contributed by atoms with van der Waals surface area (Å²) in [5, 5.41) is 15.2. The van der Waals surface area contributed by atoms with Crippen LogP contribution < -0.4 is 16.4 Å². The average molecular weight is 586 g/mol. The van der Waals surface area contributed by atoms with Crippen molar-refractivity contribution in [1.29, 1.82) is 0 Å². The standard InChI is InChI=1S/C10H11Cl2N3O4.C10H13Cl2N3O2/c1-10(2,3)19-9(16)13-5-4-6(11)14-8(12)7(5)15(17)18;1-10(2,3)17-9(16)14-5-4-6(11)15-8(12)7(5)13/h4H,1-3H3,(H,13,14,16);4H,13H2,1-3H3,(H,14,15,16). The normalized spacial score (nSPS) is 11.1. The van der Waals surface area contributed by atoms with Crippen molar-refractivity contribution in [3.63, 3.8) is 0 Å². The van der Waals surface area contributed by atoms with E-state index in [4.69, 9.17) is 61.6 Å². The Bertz CT molecular complexity index is 1150. The number of nitro groups is 1. The Kier molecular flexibility index (Phi) is 10.8. The lowest BCUT2D eigenvalue weighted by Crippen LogP contribution is -2.27. The quantitative estimate of drug-likeness (QED) is 0.195. The van der Waals surface area contributed by atoms with Gasteiger partial charge in [-0.2, -0.15) is 0 Å². The molecule has 0 saturated carbocycles. The fourth-order valence-corrected chi connectivity index (χ4v) is 3.10. The molecule has 2 aromatic heterocycles. The molecule has 16 heteroatoms. The Morgan fingerprint density at radius 1 is 0.861 bits per heavy atom. The monoisotopic (exact) mass is 584 g/mol. The number of amides is 2. The van der Waals surface area contributed by atoms with E-state index in [-0.39, 0.29) is 32.5 Å². The number of rotatable bonds is 3. The second-order valence-electron chi connectivity index (χ2n) is 8.84. The predicted octanol–water partition coefficient (Wildman–Crippen LogP) is 6.96. The van der Waals surface area contributed by atoms with Crippen LogP contribution in [0.5, 0.6) is 0 Å². The molecule has 0 aliphatic heterocycles. The minimum Gasteiger partial charge on any atom is -0.444 e. The summed E-state index contributed by atoms with van der Waals surface area (Å²) in [4.78, 5) is 40.4. The topological polar surface area (TPSA) is 172 Å². The molecule has 0 radical (unpaired) electrons. The number of aromatic nitrogens is 2. The first-order valence-corrected chi connectivity index (χ1v) is 11.4. The van der Waals surface area contributed by atoms with Crippen LogP contribution in [0.1, 0.15) is 41.5 Å². The van der Waals surface area contributed by atoms with Gasteiger partial charge in [-0.25, -0.2) is 19.6 Å². The van der Waals surface area contributed by atoms with Gasteiger partial charge in [-0.05, 0) is 41.5 Å². The van der Waals surface area contributed by atoms with E-state index >= 15 is 0 Å². The maximum Gasteiger partial charge on any atom is 0.412 e. The molecule has 2 heterocycles. The van der Waals surface area contributed by atoms with E-state index in [0.29, 0.717) is 0 Å². The SMILES string of the molecule is CC(C)(C)OC(=O)Nc1cc(Cl)nc(Cl)c1N.CC(C)(C)OC(=O)Nc1cc(Cl)nc(Cl)c1[N+](=O)[O-]. The van der Waals surface area contributed by atoms with Gasteiger partial charge < -0.3 is 15.2 Å². The highest BCUT2D eigenvalue weighted by Gasteiger charge is 2.25. The van der Waals surface area contributed by atoms with E-state index in [2.05, 4.69) is 20.6 Å². The highest BCUT2D eigenvalue weighted by Crippen LogP contribution is 2.33.